The van der Waals surface area contributed by atoms with Crippen molar-refractivity contribution < 1.29 is 4.74 Å². The zero-order chi connectivity index (χ0) is 12.4. The van der Waals surface area contributed by atoms with Crippen LogP contribution >= 0.6 is 11.8 Å². The number of hydrogen-bond donors (Lipinski definition) is 2. The molecule has 0 spiro atoms. The summed E-state index contributed by atoms with van der Waals surface area (Å²) in [5, 5.41) is 0.602. The van der Waals surface area contributed by atoms with E-state index in [1.807, 2.05) is 11.8 Å². The second-order valence-corrected chi connectivity index (χ2v) is 6.43. The molecule has 2 aliphatic rings. The molecule has 1 saturated carbocycles. The first-order chi connectivity index (χ1) is 8.86. The highest BCUT2D eigenvalue weighted by atomic mass is 32.2. The second kappa shape index (κ2) is 5.51. The van der Waals surface area contributed by atoms with Crippen molar-refractivity contribution in [2.75, 3.05) is 5.75 Å². The fraction of sp³-hybridized carbons (Fsp3) is 0.571. The van der Waals surface area contributed by atoms with Crippen LogP contribution in [0.1, 0.15) is 37.3 Å². The lowest BCUT2D eigenvalue weighted by Gasteiger charge is -2.22. The van der Waals surface area contributed by atoms with Crippen LogP contribution in [0.25, 0.3) is 0 Å². The highest BCUT2D eigenvalue weighted by Crippen LogP contribution is 2.36. The van der Waals surface area contributed by atoms with E-state index in [-0.39, 0.29) is 6.04 Å². The maximum atomic E-state index is 5.76. The third-order valence-electron chi connectivity index (χ3n) is 3.58. The zero-order valence-corrected chi connectivity index (χ0v) is 11.3. The van der Waals surface area contributed by atoms with Gasteiger partial charge in [0.2, 0.25) is 0 Å². The van der Waals surface area contributed by atoms with Crippen LogP contribution in [0.2, 0.25) is 0 Å². The molecule has 1 aromatic rings. The Morgan fingerprint density at radius 3 is 2.56 bits per heavy atom. The third kappa shape index (κ3) is 2.82. The van der Waals surface area contributed by atoms with Crippen molar-refractivity contribution in [1.29, 1.82) is 0 Å². The van der Waals surface area contributed by atoms with Gasteiger partial charge in [0.25, 0.3) is 0 Å². The van der Waals surface area contributed by atoms with Crippen LogP contribution in [0.3, 0.4) is 0 Å². The van der Waals surface area contributed by atoms with Gasteiger partial charge in [-0.2, -0.15) is 11.8 Å². The Balaban J connectivity index is 1.68. The van der Waals surface area contributed by atoms with Gasteiger partial charge in [0.05, 0.1) is 12.1 Å². The van der Waals surface area contributed by atoms with E-state index >= 15 is 0 Å². The molecule has 1 aliphatic heterocycles. The van der Waals surface area contributed by atoms with Gasteiger partial charge in [0, 0.05) is 5.25 Å². The summed E-state index contributed by atoms with van der Waals surface area (Å²) in [5.41, 5.74) is 4.24. The molecule has 0 aromatic heterocycles. The van der Waals surface area contributed by atoms with Crippen molar-refractivity contribution in [2.45, 2.75) is 43.1 Å². The normalized spacial score (nSPS) is 25.1. The lowest BCUT2D eigenvalue weighted by Crippen LogP contribution is -2.34. The number of nitrogens with two attached hydrogens (primary N) is 1. The minimum atomic E-state index is 0.257. The largest absolute Gasteiger partial charge is 0.490 e. The second-order valence-electron chi connectivity index (χ2n) is 5.08. The highest BCUT2D eigenvalue weighted by Gasteiger charge is 2.26. The topological polar surface area (TPSA) is 47.3 Å². The fourth-order valence-corrected chi connectivity index (χ4v) is 3.81. The number of ether oxygens (including phenoxy) is 1. The first kappa shape index (κ1) is 12.3. The molecule has 2 atom stereocenters. The highest BCUT2D eigenvalue weighted by molar-refractivity contribution is 8.00. The summed E-state index contributed by atoms with van der Waals surface area (Å²) >= 11 is 2.02. The van der Waals surface area contributed by atoms with Crippen molar-refractivity contribution in [3.8, 4) is 5.75 Å². The molecule has 98 valence electrons. The van der Waals surface area contributed by atoms with E-state index in [0.29, 0.717) is 11.4 Å². The Morgan fingerprint density at radius 2 is 2.00 bits per heavy atom. The van der Waals surface area contributed by atoms with Crippen molar-refractivity contribution in [1.82, 2.24) is 5.43 Å². The summed E-state index contributed by atoms with van der Waals surface area (Å²) < 4.78 is 5.76. The smallest absolute Gasteiger partial charge is 0.119 e. The summed E-state index contributed by atoms with van der Waals surface area (Å²) in [6, 6.07) is 8.67. The quantitative estimate of drug-likeness (QED) is 0.634. The van der Waals surface area contributed by atoms with E-state index in [9.17, 15) is 0 Å². The molecule has 2 fully saturated rings. The van der Waals surface area contributed by atoms with Gasteiger partial charge in [-0.3, -0.25) is 11.3 Å². The third-order valence-corrected chi connectivity index (χ3v) is 5.04. The number of hydrogen-bond acceptors (Lipinski definition) is 4. The molecule has 4 heteroatoms. The van der Waals surface area contributed by atoms with Crippen molar-refractivity contribution in [2.24, 2.45) is 5.84 Å². The molecule has 3 nitrogen and oxygen atoms in total. The molecule has 1 heterocycles. The number of rotatable bonds is 5. The summed E-state index contributed by atoms with van der Waals surface area (Å²) in [6.45, 7) is 0. The van der Waals surface area contributed by atoms with E-state index in [1.165, 1.54) is 37.0 Å². The monoisotopic (exact) mass is 264 g/mol. The van der Waals surface area contributed by atoms with E-state index in [4.69, 9.17) is 10.6 Å². The van der Waals surface area contributed by atoms with Crippen LogP contribution in [0.4, 0.5) is 0 Å². The Labute approximate surface area is 112 Å². The van der Waals surface area contributed by atoms with Gasteiger partial charge in [-0.25, -0.2) is 0 Å². The Kier molecular flexibility index (Phi) is 3.77. The molecule has 2 unspecified atom stereocenters. The van der Waals surface area contributed by atoms with Gasteiger partial charge >= 0.3 is 0 Å². The average molecular weight is 264 g/mol. The maximum absolute atomic E-state index is 5.76. The molecule has 0 bridgehead atoms. The van der Waals surface area contributed by atoms with Crippen molar-refractivity contribution in [3.63, 3.8) is 0 Å². The molecule has 0 radical (unpaired) electrons. The Hall–Kier alpha value is -0.710. The predicted molar refractivity (Wildman–Crippen MR) is 75.6 cm³/mol. The predicted octanol–water partition coefficient (Wildman–Crippen LogP) is 2.63. The molecular formula is C14H20N2OS. The number of hydrazine groups is 1. The first-order valence-corrected chi connectivity index (χ1v) is 7.76. The minimum absolute atomic E-state index is 0.257. The first-order valence-electron chi connectivity index (χ1n) is 6.71. The van der Waals surface area contributed by atoms with Crippen LogP contribution in [-0.4, -0.2) is 17.1 Å². The lowest BCUT2D eigenvalue weighted by atomic mass is 10.0. The maximum Gasteiger partial charge on any atom is 0.119 e. The summed E-state index contributed by atoms with van der Waals surface area (Å²) in [7, 11) is 0. The van der Waals surface area contributed by atoms with E-state index in [0.717, 1.165) is 5.75 Å². The molecule has 1 aromatic carbocycles. The number of thioether (sulfide) groups is 1. The van der Waals surface area contributed by atoms with Crippen molar-refractivity contribution in [3.05, 3.63) is 29.8 Å². The lowest BCUT2D eigenvalue weighted by molar-refractivity contribution is 0.303. The molecule has 0 amide bonds. The van der Waals surface area contributed by atoms with Crippen LogP contribution in [0, 0.1) is 0 Å². The van der Waals surface area contributed by atoms with Gasteiger partial charge in [0.15, 0.2) is 0 Å². The van der Waals surface area contributed by atoms with Crippen LogP contribution < -0.4 is 16.0 Å². The number of nitrogens with one attached hydrogen (secondary N) is 1. The van der Waals surface area contributed by atoms with Gasteiger partial charge in [-0.05, 0) is 49.1 Å². The van der Waals surface area contributed by atoms with Crippen LogP contribution in [0.5, 0.6) is 5.75 Å². The molecule has 1 aliphatic carbocycles. The SMILES string of the molecule is NNC(c1ccc(OC2CC2)cc1)C1CCCS1. The standard InChI is InChI=1S/C14H20N2OS/c15-16-14(13-2-1-9-18-13)10-3-5-11(6-4-10)17-12-7-8-12/h3-6,12-14,16H,1-2,7-9,15H2. The Morgan fingerprint density at radius 1 is 1.22 bits per heavy atom. The molecule has 3 rings (SSSR count). The summed E-state index contributed by atoms with van der Waals surface area (Å²) in [5.74, 6) is 7.96. The van der Waals surface area contributed by atoms with E-state index in [1.54, 1.807) is 0 Å². The van der Waals surface area contributed by atoms with E-state index in [2.05, 4.69) is 29.7 Å². The average Bonchev–Trinajstić information content (AvgIpc) is 3.05. The van der Waals surface area contributed by atoms with Crippen LogP contribution in [0.15, 0.2) is 24.3 Å². The fourth-order valence-electron chi connectivity index (χ4n) is 2.42. The zero-order valence-electron chi connectivity index (χ0n) is 10.5. The summed E-state index contributed by atoms with van der Waals surface area (Å²) in [4.78, 5) is 0. The molecular weight excluding hydrogens is 244 g/mol. The molecule has 3 N–H and O–H groups in total. The molecule has 1 saturated heterocycles. The summed E-state index contributed by atoms with van der Waals surface area (Å²) in [6.07, 6.45) is 5.42. The number of benzene rings is 1. The van der Waals surface area contributed by atoms with Gasteiger partial charge in [-0.15, -0.1) is 0 Å². The minimum Gasteiger partial charge on any atom is -0.490 e. The van der Waals surface area contributed by atoms with Crippen molar-refractivity contribution >= 4 is 11.8 Å². The van der Waals surface area contributed by atoms with Gasteiger partial charge in [-0.1, -0.05) is 12.1 Å². The van der Waals surface area contributed by atoms with Crippen LogP contribution in [-0.2, 0) is 0 Å². The molecule has 18 heavy (non-hydrogen) atoms. The Bertz CT molecular complexity index is 385. The van der Waals surface area contributed by atoms with Gasteiger partial charge < -0.3 is 4.74 Å². The van der Waals surface area contributed by atoms with E-state index < -0.39 is 0 Å². The van der Waals surface area contributed by atoms with Gasteiger partial charge in [0.1, 0.15) is 5.75 Å².